The minimum absolute atomic E-state index is 0.000990. The number of benzene rings is 2. The minimum atomic E-state index is -5.82. The summed E-state index contributed by atoms with van der Waals surface area (Å²) in [5.74, 6) is 5.49. The lowest BCUT2D eigenvalue weighted by atomic mass is 10.0. The Bertz CT molecular complexity index is 3920. The normalized spacial score (nSPS) is 16.3. The number of rotatable bonds is 38. The van der Waals surface area contributed by atoms with E-state index >= 15 is 0 Å². The van der Waals surface area contributed by atoms with E-state index in [2.05, 4.69) is 79.1 Å². The highest BCUT2D eigenvalue weighted by atomic mass is 31.3. The number of hydrogen-bond donors (Lipinski definition) is 6. The number of unbranched alkanes of at least 4 members (excludes halogenated alkanes) is 6. The predicted octanol–water partition coefficient (Wildman–Crippen LogP) is 9.15. The van der Waals surface area contributed by atoms with Gasteiger partial charge in [0.1, 0.15) is 73.7 Å². The molecule has 5 heterocycles. The van der Waals surface area contributed by atoms with Crippen LogP contribution in [0.4, 0.5) is 11.5 Å². The Morgan fingerprint density at radius 1 is 0.913 bits per heavy atom. The molecule has 0 saturated carbocycles. The Labute approximate surface area is 527 Å². The first-order chi connectivity index (χ1) is 44.1. The number of carbonyl (C=O) groups is 3. The number of phosphoric acid groups is 3. The summed E-state index contributed by atoms with van der Waals surface area (Å²) in [7, 11) is -17.0. The SMILES string of the molecule is CCN(CC)c1ccc2cc(-c3cc[n+](CCCCCC(=O)CCCCCCCC(=O)c4cccc(OCC(N=[N+]=[N-])OCC(=O)NCC#Cc5cn([C@H]6C[C@@H](OCN=[N+]=[N-])[C@@H](COP(=O)(O)OP(=O)(O)OP(=O)(O)O)O6)c6ncnc(N)c56)c4)cc3)c(=O)oc2c1. The molecule has 0 radical (unpaired) electrons. The second-order valence-corrected chi connectivity index (χ2v) is 25.2. The van der Waals surface area contributed by atoms with E-state index in [0.29, 0.717) is 48.1 Å². The van der Waals surface area contributed by atoms with Crippen LogP contribution in [0, 0.1) is 11.8 Å². The molecule has 6 aromatic rings. The second-order valence-electron chi connectivity index (χ2n) is 20.8. The number of hydrogen-bond acceptors (Lipinski definition) is 21. The van der Waals surface area contributed by atoms with Crippen LogP contribution in [0.3, 0.4) is 0 Å². The zero-order chi connectivity index (χ0) is 66.3. The third-order valence-electron chi connectivity index (χ3n) is 14.4. The molecule has 6 atom stereocenters. The van der Waals surface area contributed by atoms with E-state index in [-0.39, 0.29) is 59.2 Å². The fourth-order valence-electron chi connectivity index (χ4n) is 9.92. The summed E-state index contributed by atoms with van der Waals surface area (Å²) in [6.07, 6.45) is 10.0. The number of nitrogens with zero attached hydrogens (tertiary/aromatic N) is 11. The van der Waals surface area contributed by atoms with Gasteiger partial charge in [0.25, 0.3) is 0 Å². The molecule has 4 aromatic heterocycles. The quantitative estimate of drug-likeness (QED) is 0.00242. The van der Waals surface area contributed by atoms with Crippen LogP contribution in [0.5, 0.6) is 5.75 Å². The molecule has 1 saturated heterocycles. The van der Waals surface area contributed by atoms with Crippen molar-refractivity contribution in [3.8, 4) is 28.7 Å². The number of azide groups is 2. The van der Waals surface area contributed by atoms with Crippen molar-refractivity contribution in [2.45, 2.75) is 122 Å². The van der Waals surface area contributed by atoms with Gasteiger partial charge in [-0.1, -0.05) is 53.5 Å². The third-order valence-corrected chi connectivity index (χ3v) is 18.2. The number of pyridine rings is 1. The summed E-state index contributed by atoms with van der Waals surface area (Å²) in [4.78, 5) is 105. The summed E-state index contributed by atoms with van der Waals surface area (Å²) < 4.78 is 79.7. The zero-order valence-corrected chi connectivity index (χ0v) is 53.0. The molecule has 0 bridgehead atoms. The van der Waals surface area contributed by atoms with Crippen LogP contribution in [0.2, 0.25) is 0 Å². The fourth-order valence-corrected chi connectivity index (χ4v) is 13.0. The van der Waals surface area contributed by atoms with Gasteiger partial charge in [0.05, 0.1) is 35.8 Å². The lowest BCUT2D eigenvalue weighted by molar-refractivity contribution is -0.697. The topological polar surface area (TPSA) is 452 Å². The molecule has 492 valence electrons. The smallest absolute Gasteiger partial charge is 0.490 e. The number of amides is 1. The van der Waals surface area contributed by atoms with Gasteiger partial charge in [0.2, 0.25) is 5.91 Å². The third kappa shape index (κ3) is 22.2. The Kier molecular flexibility index (Phi) is 27.0. The van der Waals surface area contributed by atoms with Gasteiger partial charge in [-0.05, 0) is 80.9 Å². The number of nitrogen functional groups attached to an aromatic ring is 1. The number of fused-ring (bicyclic) bond motifs is 2. The largest absolute Gasteiger partial charge is 0.491 e. The van der Waals surface area contributed by atoms with Gasteiger partial charge >= 0.3 is 29.1 Å². The maximum Gasteiger partial charge on any atom is 0.490 e. The summed E-state index contributed by atoms with van der Waals surface area (Å²) in [6, 6.07) is 18.2. The lowest BCUT2D eigenvalue weighted by Crippen LogP contribution is -2.32. The molecule has 92 heavy (non-hydrogen) atoms. The van der Waals surface area contributed by atoms with Gasteiger partial charge in [-0.15, -0.1) is 0 Å². The van der Waals surface area contributed by atoms with Crippen LogP contribution in [-0.2, 0) is 57.2 Å². The molecule has 1 fully saturated rings. The van der Waals surface area contributed by atoms with Crippen LogP contribution >= 0.6 is 23.5 Å². The van der Waals surface area contributed by atoms with Crippen LogP contribution in [0.25, 0.3) is 54.0 Å². The van der Waals surface area contributed by atoms with E-state index in [1.165, 1.54) is 10.8 Å². The highest BCUT2D eigenvalue weighted by Crippen LogP contribution is 2.66. The highest BCUT2D eigenvalue weighted by Gasteiger charge is 2.44. The molecule has 3 unspecified atom stereocenters. The molecule has 1 aliphatic rings. The second kappa shape index (κ2) is 34.7. The van der Waals surface area contributed by atoms with E-state index in [1.54, 1.807) is 24.3 Å². The predicted molar refractivity (Wildman–Crippen MR) is 332 cm³/mol. The van der Waals surface area contributed by atoms with E-state index in [4.69, 9.17) is 48.9 Å². The number of Topliss-reactive ketones (excluding diaryl/α,β-unsaturated/α-hetero) is 2. The van der Waals surface area contributed by atoms with Crippen molar-refractivity contribution in [2.75, 3.05) is 56.8 Å². The van der Waals surface area contributed by atoms with Crippen LogP contribution in [-0.4, -0.2) is 116 Å². The van der Waals surface area contributed by atoms with E-state index in [9.17, 15) is 48.2 Å². The Hall–Kier alpha value is -7.90. The molecule has 0 aliphatic carbocycles. The Balaban J connectivity index is 0.771. The van der Waals surface area contributed by atoms with E-state index in [1.807, 2.05) is 48.8 Å². The maximum atomic E-state index is 13.1. The number of ketones is 2. The number of nitrogens with one attached hydrogen (secondary N) is 1. The van der Waals surface area contributed by atoms with E-state index in [0.717, 1.165) is 87.5 Å². The van der Waals surface area contributed by atoms with Crippen molar-refractivity contribution >= 4 is 74.4 Å². The molecule has 0 spiro atoms. The van der Waals surface area contributed by atoms with Crippen LogP contribution in [0.1, 0.15) is 113 Å². The highest BCUT2D eigenvalue weighted by molar-refractivity contribution is 7.66. The molecule has 1 aliphatic heterocycles. The zero-order valence-electron chi connectivity index (χ0n) is 50.3. The van der Waals surface area contributed by atoms with Crippen molar-refractivity contribution in [1.29, 1.82) is 0 Å². The number of aryl methyl sites for hydroxylation is 1. The monoisotopic (exact) mass is 1330 g/mol. The fraction of sp³-hybridized carbons (Fsp3) is 0.456. The van der Waals surface area contributed by atoms with Gasteiger partial charge in [0, 0.05) is 102 Å². The van der Waals surface area contributed by atoms with Crippen LogP contribution < -0.4 is 30.9 Å². The minimum Gasteiger partial charge on any atom is -0.491 e. The van der Waals surface area contributed by atoms with Crippen molar-refractivity contribution in [1.82, 2.24) is 19.9 Å². The summed E-state index contributed by atoms with van der Waals surface area (Å²) in [6.45, 7) is 4.19. The van der Waals surface area contributed by atoms with Crippen molar-refractivity contribution < 1.29 is 88.7 Å². The Morgan fingerprint density at radius 2 is 1.64 bits per heavy atom. The van der Waals surface area contributed by atoms with Gasteiger partial charge in [-0.3, -0.25) is 18.9 Å². The molecule has 35 heteroatoms. The number of aromatic nitrogens is 4. The van der Waals surface area contributed by atoms with Gasteiger partial charge < -0.3 is 63.5 Å². The average Bonchev–Trinajstić information content (AvgIpc) is 1.57. The molecule has 32 nitrogen and oxygen atoms in total. The number of nitrogens with two attached hydrogens (primary N) is 1. The molecular weight excluding hydrogens is 1260 g/mol. The molecule has 7 N–H and O–H groups in total. The van der Waals surface area contributed by atoms with Gasteiger partial charge in [-0.2, -0.15) is 8.62 Å². The van der Waals surface area contributed by atoms with Gasteiger partial charge in [-0.25, -0.2) is 33.0 Å². The molecule has 2 aromatic carbocycles. The number of anilines is 2. The first-order valence-corrected chi connectivity index (χ1v) is 33.8. The number of ether oxygens (including phenoxy) is 4. The lowest BCUT2D eigenvalue weighted by Gasteiger charge is -2.21. The maximum absolute atomic E-state index is 13.1. The summed E-state index contributed by atoms with van der Waals surface area (Å²) in [5.41, 5.74) is 27.5. The van der Waals surface area contributed by atoms with E-state index < -0.39 is 74.0 Å². The van der Waals surface area contributed by atoms with Crippen molar-refractivity contribution in [2.24, 2.45) is 10.2 Å². The van der Waals surface area contributed by atoms with Crippen LogP contribution in [0.15, 0.2) is 105 Å². The standard InChI is InChI=1S/C57H70N13O19P3/c1-3-69(4-2)43-22-21-41-30-46(57(74)87-48(41)31-43)39-23-27-68(28-24-39)26-12-8-10-18-44(71)17-9-6-5-7-11-20-47(72)40-15-13-19-45(29-40)82-36-52(65-67-60)83-35-51(73)61-25-14-16-42-33-70(56-54(42)55(58)62-37-63-56)53-32-49(84-38-64-66-59)50(86-53)34-85-91(78,79)89-92(80,81)88-90(75,76)77/h13,15,19,21-24,27-31,33,37,49-50,52-53H,3-12,17-18,20,25-26,32,34-36,38H2,1-2H3,(H6-,58,61,62,63,73,75,76,77,78,79,80,81)/p+1/t49-,50-,52?,53-/m1/s1. The first kappa shape index (κ1) is 71.5. The Morgan fingerprint density at radius 3 is 2.36 bits per heavy atom. The molecule has 1 amide bonds. The van der Waals surface area contributed by atoms with Crippen molar-refractivity contribution in [3.63, 3.8) is 0 Å². The van der Waals surface area contributed by atoms with Crippen molar-refractivity contribution in [3.05, 3.63) is 128 Å². The first-order valence-electron chi connectivity index (χ1n) is 29.3. The summed E-state index contributed by atoms with van der Waals surface area (Å²) in [5, 5.41) is 10.5. The number of carbonyl (C=O) groups excluding carboxylic acids is 3. The summed E-state index contributed by atoms with van der Waals surface area (Å²) >= 11 is 0. The number of phosphoric ester groups is 1. The molecule has 7 rings (SSSR count). The van der Waals surface area contributed by atoms with Gasteiger partial charge in [0.15, 0.2) is 24.4 Å². The average molecular weight is 1340 g/mol. The molecular formula is C57H71N13O19P3+.